The monoisotopic (exact) mass is 705 g/mol. The van der Waals surface area contributed by atoms with Crippen LogP contribution in [0.4, 0.5) is 0 Å². The van der Waals surface area contributed by atoms with Gasteiger partial charge in [-0.15, -0.1) is 0 Å². The number of ketones is 2. The van der Waals surface area contributed by atoms with Gasteiger partial charge in [-0.3, -0.25) is 9.59 Å². The van der Waals surface area contributed by atoms with Crippen LogP contribution >= 0.6 is 0 Å². The zero-order chi connectivity index (χ0) is 37.0. The minimum atomic E-state index is -0.415. The SMILES string of the molecule is CCCCCCCCCCCCN.CCCCCCCCCCCCc1ccc(C2=c3ccc(=C4C(=O)c5ccccc5C4=O)cc3OC2=O)cc1. The van der Waals surface area contributed by atoms with E-state index >= 15 is 0 Å². The summed E-state index contributed by atoms with van der Waals surface area (Å²) in [6.07, 6.45) is 28.2. The van der Waals surface area contributed by atoms with Gasteiger partial charge in [0.1, 0.15) is 5.75 Å². The third-order valence-corrected chi connectivity index (χ3v) is 10.4. The van der Waals surface area contributed by atoms with Crippen LogP contribution < -0.4 is 20.9 Å². The van der Waals surface area contributed by atoms with Crippen LogP contribution in [-0.4, -0.2) is 24.1 Å². The van der Waals surface area contributed by atoms with Gasteiger partial charge in [0.2, 0.25) is 0 Å². The fourth-order valence-corrected chi connectivity index (χ4v) is 7.30. The summed E-state index contributed by atoms with van der Waals surface area (Å²) in [6.45, 7) is 5.40. The Kier molecular flexibility index (Phi) is 18.1. The maximum Gasteiger partial charge on any atom is 0.344 e. The Morgan fingerprint density at radius 2 is 1.00 bits per heavy atom. The standard InChI is InChI=1S/C35H36O4.C12H27N/c1-2-3-4-5-6-7-8-9-10-11-14-24-17-19-25(20-18-24)31-29-22-21-26(23-30(29)39-35(31)38)32-33(36)27-15-12-13-16-28(27)34(32)37;1-2-3-4-5-6-7-8-9-10-11-12-13/h12-13,15-23H,2-11,14H2,1H3;2-13H2,1H3. The quantitative estimate of drug-likeness (QED) is 0.0639. The second-order valence-corrected chi connectivity index (χ2v) is 14.7. The summed E-state index contributed by atoms with van der Waals surface area (Å²) < 4.78 is 5.58. The Bertz CT molecular complexity index is 1660. The number of nitrogens with two attached hydrogens (primary N) is 1. The molecule has 280 valence electrons. The van der Waals surface area contributed by atoms with E-state index in [0.29, 0.717) is 32.9 Å². The molecule has 0 aromatic heterocycles. The Labute approximate surface area is 313 Å². The molecule has 0 saturated heterocycles. The highest BCUT2D eigenvalue weighted by atomic mass is 16.5. The highest BCUT2D eigenvalue weighted by Gasteiger charge is 2.33. The van der Waals surface area contributed by atoms with Crippen molar-refractivity contribution in [2.45, 2.75) is 149 Å². The third kappa shape index (κ3) is 12.1. The fourth-order valence-electron chi connectivity index (χ4n) is 7.30. The van der Waals surface area contributed by atoms with Crippen molar-refractivity contribution in [2.24, 2.45) is 5.73 Å². The van der Waals surface area contributed by atoms with E-state index in [1.165, 1.54) is 134 Å². The molecule has 0 unspecified atom stereocenters. The number of hydrogen-bond donors (Lipinski definition) is 1. The van der Waals surface area contributed by atoms with Gasteiger partial charge in [-0.05, 0) is 54.3 Å². The first-order valence-electron chi connectivity index (χ1n) is 20.6. The zero-order valence-electron chi connectivity index (χ0n) is 32.1. The van der Waals surface area contributed by atoms with Crippen molar-refractivity contribution in [1.29, 1.82) is 0 Å². The molecule has 1 aliphatic carbocycles. The van der Waals surface area contributed by atoms with E-state index in [-0.39, 0.29) is 17.1 Å². The lowest BCUT2D eigenvalue weighted by Crippen LogP contribution is -2.17. The third-order valence-electron chi connectivity index (χ3n) is 10.4. The number of fused-ring (bicyclic) bond motifs is 2. The second-order valence-electron chi connectivity index (χ2n) is 14.7. The summed E-state index contributed by atoms with van der Waals surface area (Å²) >= 11 is 0. The zero-order valence-corrected chi connectivity index (χ0v) is 32.1. The van der Waals surface area contributed by atoms with Gasteiger partial charge in [-0.1, -0.05) is 184 Å². The Hall–Kier alpha value is -3.83. The molecule has 1 aliphatic heterocycles. The van der Waals surface area contributed by atoms with Crippen LogP contribution in [0.3, 0.4) is 0 Å². The van der Waals surface area contributed by atoms with Crippen LogP contribution in [0, 0.1) is 0 Å². The number of benzene rings is 3. The van der Waals surface area contributed by atoms with Crippen molar-refractivity contribution in [2.75, 3.05) is 6.54 Å². The molecule has 3 aromatic rings. The smallest absolute Gasteiger partial charge is 0.344 e. The molecule has 52 heavy (non-hydrogen) atoms. The predicted molar refractivity (Wildman–Crippen MR) is 215 cm³/mol. The second kappa shape index (κ2) is 23.0. The normalized spacial score (nSPS) is 13.2. The number of ether oxygens (including phenoxy) is 1. The summed E-state index contributed by atoms with van der Waals surface area (Å²) in [5.41, 5.74) is 8.98. The van der Waals surface area contributed by atoms with Crippen LogP contribution in [0.1, 0.15) is 174 Å². The summed E-state index contributed by atoms with van der Waals surface area (Å²) in [5, 5.41) is 1.16. The molecule has 0 radical (unpaired) electrons. The van der Waals surface area contributed by atoms with Crippen molar-refractivity contribution < 1.29 is 19.1 Å². The fraction of sp³-hybridized carbons (Fsp3) is 0.511. The van der Waals surface area contributed by atoms with Crippen molar-refractivity contribution >= 4 is 28.7 Å². The lowest BCUT2D eigenvalue weighted by Gasteiger charge is -2.05. The number of hydrogen-bond acceptors (Lipinski definition) is 5. The van der Waals surface area contributed by atoms with Crippen LogP contribution in [0.2, 0.25) is 0 Å². The van der Waals surface area contributed by atoms with Gasteiger partial charge >= 0.3 is 5.97 Å². The first kappa shape index (κ1) is 40.9. The molecule has 0 atom stereocenters. The van der Waals surface area contributed by atoms with Gasteiger partial charge < -0.3 is 10.5 Å². The molecule has 0 bridgehead atoms. The van der Waals surface area contributed by atoms with Gasteiger partial charge in [-0.25, -0.2) is 4.79 Å². The lowest BCUT2D eigenvalue weighted by atomic mass is 9.99. The number of carbonyl (C=O) groups excluding carboxylic acids is 3. The highest BCUT2D eigenvalue weighted by molar-refractivity contribution is 6.55. The lowest BCUT2D eigenvalue weighted by molar-refractivity contribution is -0.127. The molecule has 0 fully saturated rings. The van der Waals surface area contributed by atoms with Crippen molar-refractivity contribution in [3.8, 4) is 5.75 Å². The van der Waals surface area contributed by atoms with Crippen molar-refractivity contribution in [3.63, 3.8) is 0 Å². The average Bonchev–Trinajstić information content (AvgIpc) is 3.63. The van der Waals surface area contributed by atoms with Crippen molar-refractivity contribution in [1.82, 2.24) is 0 Å². The molecule has 5 rings (SSSR count). The van der Waals surface area contributed by atoms with E-state index in [1.54, 1.807) is 42.5 Å². The van der Waals surface area contributed by atoms with E-state index < -0.39 is 5.97 Å². The molecule has 2 aliphatic rings. The van der Waals surface area contributed by atoms with E-state index in [2.05, 4.69) is 26.0 Å². The largest absolute Gasteiger partial charge is 0.422 e. The van der Waals surface area contributed by atoms with Gasteiger partial charge in [0.15, 0.2) is 11.6 Å². The molecule has 2 N–H and O–H groups in total. The van der Waals surface area contributed by atoms with E-state index in [0.717, 1.165) is 18.5 Å². The molecule has 5 heteroatoms. The highest BCUT2D eigenvalue weighted by Crippen LogP contribution is 2.27. The number of aryl methyl sites for hydroxylation is 1. The number of Topliss-reactive ketones (excluding diaryl/α,β-unsaturated/α-hetero) is 2. The Morgan fingerprint density at radius 3 is 1.50 bits per heavy atom. The van der Waals surface area contributed by atoms with Gasteiger partial charge in [0.05, 0.1) is 11.1 Å². The van der Waals surface area contributed by atoms with Gasteiger partial charge in [0.25, 0.3) is 0 Å². The molecule has 0 saturated carbocycles. The first-order chi connectivity index (χ1) is 25.5. The van der Waals surface area contributed by atoms with Crippen LogP contribution in [0.15, 0.2) is 66.7 Å². The molecule has 3 aromatic carbocycles. The summed E-state index contributed by atoms with van der Waals surface area (Å²) in [5.74, 6) is -0.614. The van der Waals surface area contributed by atoms with E-state index in [9.17, 15) is 14.4 Å². The van der Waals surface area contributed by atoms with Crippen molar-refractivity contribution in [3.05, 3.63) is 99.4 Å². The van der Waals surface area contributed by atoms with Crippen LogP contribution in [0.25, 0.3) is 11.1 Å². The maximum absolute atomic E-state index is 12.9. The molecule has 1 heterocycles. The number of carbonyl (C=O) groups is 3. The maximum atomic E-state index is 12.9. The van der Waals surface area contributed by atoms with Gasteiger partial charge in [-0.2, -0.15) is 0 Å². The number of unbranched alkanes of at least 4 members (excludes halogenated alkanes) is 18. The van der Waals surface area contributed by atoms with Gasteiger partial charge in [0, 0.05) is 16.3 Å². The summed E-state index contributed by atoms with van der Waals surface area (Å²) in [6, 6.07) is 20.2. The number of esters is 1. The topological polar surface area (TPSA) is 86.5 Å². The minimum Gasteiger partial charge on any atom is -0.422 e. The predicted octanol–water partition coefficient (Wildman–Crippen LogP) is 10.4. The summed E-state index contributed by atoms with van der Waals surface area (Å²) in [7, 11) is 0. The molecular weight excluding hydrogens is 643 g/mol. The number of rotatable bonds is 22. The first-order valence-corrected chi connectivity index (χ1v) is 20.6. The molecule has 5 nitrogen and oxygen atoms in total. The Morgan fingerprint density at radius 1 is 0.519 bits per heavy atom. The average molecular weight is 706 g/mol. The molecular formula is C47H63NO4. The van der Waals surface area contributed by atoms with Crippen LogP contribution in [-0.2, 0) is 11.2 Å². The van der Waals surface area contributed by atoms with E-state index in [1.807, 2.05) is 12.1 Å². The minimum absolute atomic E-state index is 0.125. The molecule has 0 spiro atoms. The summed E-state index contributed by atoms with van der Waals surface area (Å²) in [4.78, 5) is 38.6. The van der Waals surface area contributed by atoms with E-state index in [4.69, 9.17) is 10.5 Å². The van der Waals surface area contributed by atoms with Crippen LogP contribution in [0.5, 0.6) is 5.75 Å². The Balaban J connectivity index is 0.000000398. The molecule has 0 amide bonds.